The number of halogens is 1. The lowest BCUT2D eigenvalue weighted by atomic mass is 10.2. The van der Waals surface area contributed by atoms with Gasteiger partial charge in [0.05, 0.1) is 5.69 Å². The summed E-state index contributed by atoms with van der Waals surface area (Å²) in [5, 5.41) is 9.75. The molecule has 140 valence electrons. The number of nitrogens with zero attached hydrogens (tertiary/aromatic N) is 1. The number of carboxylic acids is 1. The van der Waals surface area contributed by atoms with Crippen molar-refractivity contribution in [1.82, 2.24) is 4.98 Å². The molecule has 1 N–H and O–H groups in total. The third-order valence-corrected chi connectivity index (χ3v) is 6.79. The Hall–Kier alpha value is -1.83. The molecule has 27 heavy (non-hydrogen) atoms. The number of aromatic nitrogens is 1. The van der Waals surface area contributed by atoms with E-state index in [0.29, 0.717) is 5.75 Å². The van der Waals surface area contributed by atoms with Crippen LogP contribution < -0.4 is 4.74 Å². The molecule has 0 radical (unpaired) electrons. The van der Waals surface area contributed by atoms with Crippen LogP contribution in [0.3, 0.4) is 0 Å². The average Bonchev–Trinajstić information content (AvgIpc) is 3.00. The molecule has 0 aliphatic heterocycles. The number of carboxylic acid groups (broad SMARTS) is 1. The van der Waals surface area contributed by atoms with Crippen LogP contribution in [0.2, 0.25) is 0 Å². The van der Waals surface area contributed by atoms with E-state index in [2.05, 4.69) is 28.1 Å². The number of hydrogen-bond acceptors (Lipinski definition) is 5. The topological polar surface area (TPSA) is 59.4 Å². The van der Waals surface area contributed by atoms with Gasteiger partial charge < -0.3 is 9.84 Å². The zero-order chi connectivity index (χ0) is 19.4. The van der Waals surface area contributed by atoms with E-state index in [9.17, 15) is 4.79 Å². The Morgan fingerprint density at radius 3 is 2.63 bits per heavy atom. The van der Waals surface area contributed by atoms with Crippen molar-refractivity contribution < 1.29 is 14.6 Å². The first-order valence-corrected chi connectivity index (χ1v) is 10.8. The Morgan fingerprint density at radius 1 is 1.22 bits per heavy atom. The van der Waals surface area contributed by atoms with Crippen LogP contribution in [0.25, 0.3) is 10.6 Å². The Labute approximate surface area is 174 Å². The number of thiazole rings is 1. The predicted octanol–water partition coefficient (Wildman–Crippen LogP) is 5.95. The molecule has 3 rings (SSSR count). The molecular formula is C20H18BrNO3S2. The monoisotopic (exact) mass is 463 g/mol. The van der Waals surface area contributed by atoms with Crippen molar-refractivity contribution in [2.24, 2.45) is 0 Å². The minimum Gasteiger partial charge on any atom is -0.482 e. The van der Waals surface area contributed by atoms with Gasteiger partial charge in [0.15, 0.2) is 6.61 Å². The fourth-order valence-electron chi connectivity index (χ4n) is 2.44. The first-order chi connectivity index (χ1) is 12.9. The first kappa shape index (κ1) is 19.9. The van der Waals surface area contributed by atoms with Crippen molar-refractivity contribution in [2.75, 3.05) is 6.61 Å². The molecule has 0 aliphatic carbocycles. The summed E-state index contributed by atoms with van der Waals surface area (Å²) < 4.78 is 6.33. The van der Waals surface area contributed by atoms with E-state index in [1.54, 1.807) is 23.1 Å². The second-order valence-corrected chi connectivity index (χ2v) is 8.98. The van der Waals surface area contributed by atoms with Gasteiger partial charge >= 0.3 is 5.97 Å². The zero-order valence-corrected chi connectivity index (χ0v) is 18.1. The summed E-state index contributed by atoms with van der Waals surface area (Å²) in [4.78, 5) is 17.7. The lowest BCUT2D eigenvalue weighted by molar-refractivity contribution is -0.139. The fourth-order valence-corrected chi connectivity index (χ4v) is 4.91. The van der Waals surface area contributed by atoms with Gasteiger partial charge in [0, 0.05) is 25.6 Å². The first-order valence-electron chi connectivity index (χ1n) is 8.22. The number of ether oxygens (including phenoxy) is 1. The van der Waals surface area contributed by atoms with Crippen LogP contribution in [0.4, 0.5) is 0 Å². The van der Waals surface area contributed by atoms with Crippen LogP contribution >= 0.6 is 39.0 Å². The van der Waals surface area contributed by atoms with Crippen LogP contribution in [0.15, 0.2) is 51.8 Å². The van der Waals surface area contributed by atoms with Gasteiger partial charge in [0.2, 0.25) is 0 Å². The van der Waals surface area contributed by atoms with Crippen LogP contribution in [-0.2, 0) is 10.5 Å². The molecular weight excluding hydrogens is 446 g/mol. The molecule has 0 aliphatic rings. The molecule has 0 amide bonds. The summed E-state index contributed by atoms with van der Waals surface area (Å²) in [6.45, 7) is 3.64. The molecule has 0 unspecified atom stereocenters. The van der Waals surface area contributed by atoms with E-state index in [1.807, 2.05) is 44.2 Å². The minimum atomic E-state index is -0.977. The van der Waals surface area contributed by atoms with Gasteiger partial charge in [-0.2, -0.15) is 0 Å². The van der Waals surface area contributed by atoms with Crippen molar-refractivity contribution in [3.05, 3.63) is 63.1 Å². The highest BCUT2D eigenvalue weighted by Crippen LogP contribution is 2.34. The molecule has 0 atom stereocenters. The normalized spacial score (nSPS) is 10.8. The number of benzene rings is 2. The smallest absolute Gasteiger partial charge is 0.341 e. The maximum Gasteiger partial charge on any atom is 0.341 e. The van der Waals surface area contributed by atoms with Crippen molar-refractivity contribution in [3.63, 3.8) is 0 Å². The molecule has 0 saturated heterocycles. The standard InChI is InChI=1S/C20H18BrNO3S2/c1-12-9-16(7-8-17(12)25-10-19(23)24)26-11-18-13(2)22-20(27-18)14-3-5-15(21)6-4-14/h3-9H,10-11H2,1-2H3,(H,23,24). The van der Waals surface area contributed by atoms with Gasteiger partial charge in [-0.15, -0.1) is 23.1 Å². The minimum absolute atomic E-state index is 0.327. The third-order valence-electron chi connectivity index (χ3n) is 3.85. The molecule has 0 spiro atoms. The van der Waals surface area contributed by atoms with Crippen molar-refractivity contribution in [1.29, 1.82) is 0 Å². The Kier molecular flexibility index (Phi) is 6.57. The molecule has 7 heteroatoms. The summed E-state index contributed by atoms with van der Waals surface area (Å²) >= 11 is 6.91. The van der Waals surface area contributed by atoms with E-state index in [0.717, 1.165) is 36.9 Å². The maximum absolute atomic E-state index is 10.6. The molecule has 1 aromatic heterocycles. The molecule has 0 fully saturated rings. The lowest BCUT2D eigenvalue weighted by Crippen LogP contribution is -2.09. The van der Waals surface area contributed by atoms with Crippen molar-refractivity contribution in [2.45, 2.75) is 24.5 Å². The average molecular weight is 464 g/mol. The van der Waals surface area contributed by atoms with Gasteiger partial charge in [-0.05, 0) is 49.7 Å². The van der Waals surface area contributed by atoms with Gasteiger partial charge in [-0.25, -0.2) is 9.78 Å². The van der Waals surface area contributed by atoms with E-state index >= 15 is 0 Å². The van der Waals surface area contributed by atoms with Crippen LogP contribution in [-0.4, -0.2) is 22.7 Å². The van der Waals surface area contributed by atoms with Gasteiger partial charge in [-0.3, -0.25) is 0 Å². The number of carbonyl (C=O) groups is 1. The fraction of sp³-hybridized carbons (Fsp3) is 0.200. The third kappa shape index (κ3) is 5.34. The van der Waals surface area contributed by atoms with Crippen molar-refractivity contribution >= 4 is 45.0 Å². The number of aliphatic carboxylic acids is 1. The van der Waals surface area contributed by atoms with Crippen LogP contribution in [0.5, 0.6) is 5.75 Å². The molecule has 2 aromatic carbocycles. The van der Waals surface area contributed by atoms with E-state index in [4.69, 9.17) is 14.8 Å². The second-order valence-electron chi connectivity index (χ2n) is 5.93. The summed E-state index contributed by atoms with van der Waals surface area (Å²) in [6, 6.07) is 14.0. The Balaban J connectivity index is 1.67. The quantitative estimate of drug-likeness (QED) is 0.438. The molecule has 4 nitrogen and oxygen atoms in total. The van der Waals surface area contributed by atoms with Crippen molar-refractivity contribution in [3.8, 4) is 16.3 Å². The number of aryl methyl sites for hydroxylation is 2. The summed E-state index contributed by atoms with van der Waals surface area (Å²) in [7, 11) is 0. The Morgan fingerprint density at radius 2 is 1.96 bits per heavy atom. The SMILES string of the molecule is Cc1cc(SCc2sc(-c3ccc(Br)cc3)nc2C)ccc1OCC(=O)O. The highest BCUT2D eigenvalue weighted by atomic mass is 79.9. The molecule has 0 saturated carbocycles. The predicted molar refractivity (Wildman–Crippen MR) is 114 cm³/mol. The van der Waals surface area contributed by atoms with E-state index < -0.39 is 5.97 Å². The highest BCUT2D eigenvalue weighted by molar-refractivity contribution is 9.10. The maximum atomic E-state index is 10.6. The highest BCUT2D eigenvalue weighted by Gasteiger charge is 2.11. The Bertz CT molecular complexity index is 954. The number of hydrogen-bond donors (Lipinski definition) is 1. The van der Waals surface area contributed by atoms with E-state index in [1.165, 1.54) is 4.88 Å². The number of thioether (sulfide) groups is 1. The largest absolute Gasteiger partial charge is 0.482 e. The summed E-state index contributed by atoms with van der Waals surface area (Å²) in [5.41, 5.74) is 3.11. The number of rotatable bonds is 7. The van der Waals surface area contributed by atoms with Crippen LogP contribution in [0, 0.1) is 13.8 Å². The zero-order valence-electron chi connectivity index (χ0n) is 14.9. The van der Waals surface area contributed by atoms with Gasteiger partial charge in [0.25, 0.3) is 0 Å². The van der Waals surface area contributed by atoms with Gasteiger partial charge in [-0.1, -0.05) is 28.1 Å². The summed E-state index contributed by atoms with van der Waals surface area (Å²) in [5.74, 6) is 0.470. The van der Waals surface area contributed by atoms with E-state index in [-0.39, 0.29) is 6.61 Å². The molecule has 3 aromatic rings. The van der Waals surface area contributed by atoms with Gasteiger partial charge in [0.1, 0.15) is 10.8 Å². The lowest BCUT2D eigenvalue weighted by Gasteiger charge is -2.08. The van der Waals surface area contributed by atoms with Crippen LogP contribution in [0.1, 0.15) is 16.1 Å². The second kappa shape index (κ2) is 8.91. The molecule has 0 bridgehead atoms. The molecule has 1 heterocycles. The summed E-state index contributed by atoms with van der Waals surface area (Å²) in [6.07, 6.45) is 0.